The van der Waals surface area contributed by atoms with Gasteiger partial charge in [-0.05, 0) is 48.9 Å². The zero-order chi connectivity index (χ0) is 15.4. The normalized spacial score (nSPS) is 9.48. The van der Waals surface area contributed by atoms with Gasteiger partial charge in [-0.3, -0.25) is 4.79 Å². The van der Waals surface area contributed by atoms with E-state index in [-0.39, 0.29) is 17.0 Å². The third-order valence-corrected chi connectivity index (χ3v) is 3.05. The van der Waals surface area contributed by atoms with Crippen LogP contribution < -0.4 is 11.1 Å². The molecule has 0 aliphatic rings. The highest BCUT2D eigenvalue weighted by molar-refractivity contribution is 6.04. The summed E-state index contributed by atoms with van der Waals surface area (Å²) in [6.45, 7) is 1.82. The molecule has 0 aliphatic carbocycles. The van der Waals surface area contributed by atoms with E-state index in [4.69, 9.17) is 16.3 Å². The number of aryl methyl sites for hydroxylation is 1. The molecule has 102 valence electrons. The van der Waals surface area contributed by atoms with Crippen molar-refractivity contribution >= 4 is 17.3 Å². The molecule has 2 aromatic rings. The smallest absolute Gasteiger partial charge is 0.255 e. The number of hydrogen-bond donors (Lipinski definition) is 2. The summed E-state index contributed by atoms with van der Waals surface area (Å²) in [5, 5.41) is 20.5. The SMILES string of the molecule is Cc1cc(C(=O)Nc2ccc(C#N)c(C#N)c2)ccc1N. The lowest BCUT2D eigenvalue weighted by Gasteiger charge is -2.08. The van der Waals surface area contributed by atoms with Crippen LogP contribution >= 0.6 is 0 Å². The van der Waals surface area contributed by atoms with Crippen LogP contribution in [-0.2, 0) is 0 Å². The summed E-state index contributed by atoms with van der Waals surface area (Å²) in [6.07, 6.45) is 0. The highest BCUT2D eigenvalue weighted by Gasteiger charge is 2.09. The number of carbonyl (C=O) groups excluding carboxylic acids is 1. The van der Waals surface area contributed by atoms with Crippen LogP contribution in [-0.4, -0.2) is 5.91 Å². The van der Waals surface area contributed by atoms with Crippen LogP contribution in [0, 0.1) is 29.6 Å². The van der Waals surface area contributed by atoms with Crippen molar-refractivity contribution in [2.75, 3.05) is 11.1 Å². The molecule has 0 aliphatic heterocycles. The molecule has 5 nitrogen and oxygen atoms in total. The van der Waals surface area contributed by atoms with Crippen LogP contribution in [0.2, 0.25) is 0 Å². The Bertz CT molecular complexity index is 797. The van der Waals surface area contributed by atoms with E-state index in [9.17, 15) is 4.79 Å². The van der Waals surface area contributed by atoms with Gasteiger partial charge in [0.2, 0.25) is 0 Å². The van der Waals surface area contributed by atoms with E-state index < -0.39 is 0 Å². The van der Waals surface area contributed by atoms with Crippen molar-refractivity contribution in [1.29, 1.82) is 10.5 Å². The Kier molecular flexibility index (Phi) is 3.87. The van der Waals surface area contributed by atoms with E-state index in [1.54, 1.807) is 24.3 Å². The Hall–Kier alpha value is -3.31. The molecule has 2 rings (SSSR count). The molecular weight excluding hydrogens is 264 g/mol. The lowest BCUT2D eigenvalue weighted by atomic mass is 10.1. The summed E-state index contributed by atoms with van der Waals surface area (Å²) in [7, 11) is 0. The van der Waals surface area contributed by atoms with Crippen LogP contribution in [0.1, 0.15) is 27.0 Å². The van der Waals surface area contributed by atoms with Gasteiger partial charge in [-0.1, -0.05) is 0 Å². The molecule has 0 aromatic heterocycles. The number of nitrogen functional groups attached to an aromatic ring is 1. The molecule has 3 N–H and O–H groups in total. The summed E-state index contributed by atoms with van der Waals surface area (Å²) >= 11 is 0. The number of amides is 1. The van der Waals surface area contributed by atoms with Gasteiger partial charge in [0.1, 0.15) is 12.1 Å². The summed E-state index contributed by atoms with van der Waals surface area (Å²) in [6, 6.07) is 13.4. The molecular formula is C16H12N4O. The molecule has 0 unspecified atom stereocenters. The Morgan fingerprint density at radius 1 is 1.10 bits per heavy atom. The molecule has 0 saturated carbocycles. The topological polar surface area (TPSA) is 103 Å². The minimum Gasteiger partial charge on any atom is -0.399 e. The van der Waals surface area contributed by atoms with E-state index in [0.29, 0.717) is 16.9 Å². The third-order valence-electron chi connectivity index (χ3n) is 3.05. The zero-order valence-corrected chi connectivity index (χ0v) is 11.3. The van der Waals surface area contributed by atoms with Crippen molar-refractivity contribution in [3.63, 3.8) is 0 Å². The largest absolute Gasteiger partial charge is 0.399 e. The predicted octanol–water partition coefficient (Wildman–Crippen LogP) is 2.57. The van der Waals surface area contributed by atoms with Crippen molar-refractivity contribution in [3.05, 3.63) is 58.7 Å². The Morgan fingerprint density at radius 2 is 1.81 bits per heavy atom. The number of anilines is 2. The van der Waals surface area contributed by atoms with Gasteiger partial charge in [0.25, 0.3) is 5.91 Å². The van der Waals surface area contributed by atoms with E-state index in [2.05, 4.69) is 5.32 Å². The van der Waals surface area contributed by atoms with Crippen LogP contribution in [0.5, 0.6) is 0 Å². The summed E-state index contributed by atoms with van der Waals surface area (Å²) in [5.74, 6) is -0.299. The molecule has 0 spiro atoms. The Morgan fingerprint density at radius 3 is 2.43 bits per heavy atom. The maximum Gasteiger partial charge on any atom is 0.255 e. The molecule has 0 atom stereocenters. The van der Waals surface area contributed by atoms with Crippen molar-refractivity contribution in [2.45, 2.75) is 6.92 Å². The molecule has 0 heterocycles. The first kappa shape index (κ1) is 14.1. The number of rotatable bonds is 2. The fourth-order valence-corrected chi connectivity index (χ4v) is 1.83. The van der Waals surface area contributed by atoms with Crippen LogP contribution in [0.25, 0.3) is 0 Å². The molecule has 0 radical (unpaired) electrons. The van der Waals surface area contributed by atoms with Gasteiger partial charge in [-0.15, -0.1) is 0 Å². The standard InChI is InChI=1S/C16H12N4O/c1-10-6-11(3-5-15(10)19)16(21)20-14-4-2-12(8-17)13(7-14)9-18/h2-7H,19H2,1H3,(H,20,21). The first-order valence-corrected chi connectivity index (χ1v) is 6.17. The molecule has 1 amide bonds. The number of nitrogens with one attached hydrogen (secondary N) is 1. The lowest BCUT2D eigenvalue weighted by Crippen LogP contribution is -2.12. The summed E-state index contributed by atoms with van der Waals surface area (Å²) < 4.78 is 0. The lowest BCUT2D eigenvalue weighted by molar-refractivity contribution is 0.102. The monoisotopic (exact) mass is 276 g/mol. The fraction of sp³-hybridized carbons (Fsp3) is 0.0625. The van der Waals surface area contributed by atoms with E-state index >= 15 is 0 Å². The second kappa shape index (κ2) is 5.77. The number of carbonyl (C=O) groups is 1. The first-order chi connectivity index (χ1) is 10.0. The van der Waals surface area contributed by atoms with Crippen molar-refractivity contribution in [1.82, 2.24) is 0 Å². The molecule has 2 aromatic carbocycles. The predicted molar refractivity (Wildman–Crippen MR) is 79.4 cm³/mol. The van der Waals surface area contributed by atoms with Crippen molar-refractivity contribution < 1.29 is 4.79 Å². The fourth-order valence-electron chi connectivity index (χ4n) is 1.83. The highest BCUT2D eigenvalue weighted by atomic mass is 16.1. The van der Waals surface area contributed by atoms with E-state index in [1.165, 1.54) is 12.1 Å². The Labute approximate surface area is 122 Å². The first-order valence-electron chi connectivity index (χ1n) is 6.17. The molecule has 21 heavy (non-hydrogen) atoms. The van der Waals surface area contributed by atoms with E-state index in [1.807, 2.05) is 19.1 Å². The summed E-state index contributed by atoms with van der Waals surface area (Å²) in [4.78, 5) is 12.1. The second-order valence-electron chi connectivity index (χ2n) is 4.51. The van der Waals surface area contributed by atoms with Gasteiger partial charge in [0.05, 0.1) is 11.1 Å². The quantitative estimate of drug-likeness (QED) is 0.823. The molecule has 0 saturated heterocycles. The number of hydrogen-bond acceptors (Lipinski definition) is 4. The van der Waals surface area contributed by atoms with Gasteiger partial charge < -0.3 is 11.1 Å². The minimum absolute atomic E-state index is 0.226. The molecule has 0 fully saturated rings. The molecule has 0 bridgehead atoms. The minimum atomic E-state index is -0.299. The van der Waals surface area contributed by atoms with Gasteiger partial charge in [0, 0.05) is 16.9 Å². The maximum absolute atomic E-state index is 12.1. The van der Waals surface area contributed by atoms with Gasteiger partial charge >= 0.3 is 0 Å². The van der Waals surface area contributed by atoms with Crippen LogP contribution in [0.4, 0.5) is 11.4 Å². The average Bonchev–Trinajstić information content (AvgIpc) is 2.49. The van der Waals surface area contributed by atoms with E-state index in [0.717, 1.165) is 5.56 Å². The number of benzene rings is 2. The zero-order valence-electron chi connectivity index (χ0n) is 11.3. The third kappa shape index (κ3) is 2.99. The van der Waals surface area contributed by atoms with Gasteiger partial charge in [-0.25, -0.2) is 0 Å². The van der Waals surface area contributed by atoms with Gasteiger partial charge in [0.15, 0.2) is 0 Å². The summed E-state index contributed by atoms with van der Waals surface area (Å²) in [5.41, 5.74) is 8.60. The Balaban J connectivity index is 2.26. The van der Waals surface area contributed by atoms with Gasteiger partial charge in [-0.2, -0.15) is 10.5 Å². The number of nitrogens with zero attached hydrogens (tertiary/aromatic N) is 2. The maximum atomic E-state index is 12.1. The number of nitrogens with two attached hydrogens (primary N) is 1. The molecule has 5 heteroatoms. The second-order valence-corrected chi connectivity index (χ2v) is 4.51. The van der Waals surface area contributed by atoms with Crippen molar-refractivity contribution in [2.24, 2.45) is 0 Å². The van der Waals surface area contributed by atoms with Crippen molar-refractivity contribution in [3.8, 4) is 12.1 Å². The van der Waals surface area contributed by atoms with Crippen LogP contribution in [0.3, 0.4) is 0 Å². The highest BCUT2D eigenvalue weighted by Crippen LogP contribution is 2.17. The average molecular weight is 276 g/mol. The van der Waals surface area contributed by atoms with Crippen LogP contribution in [0.15, 0.2) is 36.4 Å². The number of nitriles is 2.